The number of hydrogen-bond acceptors (Lipinski definition) is 0. The Hall–Kier alpha value is -3.10. The largest absolute Gasteiger partial charge is 1.00 e. The summed E-state index contributed by atoms with van der Waals surface area (Å²) in [5, 5.41) is 5.15. The molecule has 6 rings (SSSR count). The van der Waals surface area contributed by atoms with Crippen molar-refractivity contribution >= 4 is 36.9 Å². The molecule has 5 heteroatoms. The Labute approximate surface area is 274 Å². The number of rotatable bonds is 4. The molecule has 5 aromatic carbocycles. The predicted octanol–water partition coefficient (Wildman–Crippen LogP) is 4.03. The number of halogens is 4. The molecule has 0 aromatic heterocycles. The van der Waals surface area contributed by atoms with Crippen molar-refractivity contribution in [3.05, 3.63) is 162 Å². The Morgan fingerprint density at radius 2 is 1.19 bits per heavy atom. The Kier molecular flexibility index (Phi) is 13.8. The second-order valence-corrected chi connectivity index (χ2v) is 10.9. The van der Waals surface area contributed by atoms with Gasteiger partial charge in [0.05, 0.1) is 0 Å². The van der Waals surface area contributed by atoms with Gasteiger partial charge in [-0.2, -0.15) is 6.08 Å². The fourth-order valence-electron chi connectivity index (χ4n) is 4.44. The summed E-state index contributed by atoms with van der Waals surface area (Å²) in [7, 11) is 0. The summed E-state index contributed by atoms with van der Waals surface area (Å²) >= 11 is 1.22. The van der Waals surface area contributed by atoms with Gasteiger partial charge in [-0.15, -0.1) is 46.7 Å². The van der Waals surface area contributed by atoms with Gasteiger partial charge in [0.25, 0.3) is 0 Å². The molecule has 0 radical (unpaired) electrons. The Morgan fingerprint density at radius 3 is 1.50 bits per heavy atom. The quantitative estimate of drug-likeness (QED) is 0.253. The van der Waals surface area contributed by atoms with Crippen molar-refractivity contribution < 1.29 is 57.8 Å². The van der Waals surface area contributed by atoms with Crippen LogP contribution in [0.5, 0.6) is 0 Å². The van der Waals surface area contributed by atoms with Gasteiger partial charge >= 0.3 is 108 Å². The number of benzene rings is 4. The minimum Gasteiger partial charge on any atom is -1.00 e. The molecule has 0 nitrogen and oxygen atoms in total. The summed E-state index contributed by atoms with van der Waals surface area (Å²) in [6, 6.07) is 27.8. The van der Waals surface area contributed by atoms with Gasteiger partial charge in [0.2, 0.25) is 0 Å². The summed E-state index contributed by atoms with van der Waals surface area (Å²) in [5.74, 6) is 0.0675. The molecule has 1 aliphatic carbocycles. The summed E-state index contributed by atoms with van der Waals surface area (Å²) < 4.78 is 26.6. The third-order valence-corrected chi connectivity index (χ3v) is 8.00. The first-order valence-electron chi connectivity index (χ1n) is 13.0. The topological polar surface area (TPSA) is 0 Å². The van der Waals surface area contributed by atoms with Crippen LogP contribution in [0.15, 0.2) is 122 Å². The monoisotopic (exact) mass is 672 g/mol. The van der Waals surface area contributed by atoms with E-state index in [1.807, 2.05) is 18.2 Å². The fourth-order valence-corrected chi connectivity index (χ4v) is 5.26. The maximum atomic E-state index is 12.8. The summed E-state index contributed by atoms with van der Waals surface area (Å²) in [4.78, 5) is 0. The van der Waals surface area contributed by atoms with E-state index in [-0.39, 0.29) is 36.4 Å². The Balaban J connectivity index is 0.000000231. The summed E-state index contributed by atoms with van der Waals surface area (Å²) in [6.07, 6.45) is 11.1. The molecule has 0 spiro atoms. The SMILES string of the molecule is C=Cc1ccc2[cH-]c3ccc(C=C)cc3c2c1.CC1=CC(C)[C-]=C1.Fc1ccc([C](=[Zr+2])c2ccc(F)cc2)cc1.[Cl-].[Cl-]. The minimum atomic E-state index is -0.244. The van der Waals surface area contributed by atoms with Crippen molar-refractivity contribution in [2.24, 2.45) is 5.92 Å². The molecule has 0 aliphatic heterocycles. The van der Waals surface area contributed by atoms with Gasteiger partial charge in [-0.25, -0.2) is 11.6 Å². The number of fused-ring (bicyclic) bond motifs is 3. The van der Waals surface area contributed by atoms with E-state index < -0.39 is 0 Å². The Bertz CT molecular complexity index is 1620. The van der Waals surface area contributed by atoms with Crippen molar-refractivity contribution in [2.45, 2.75) is 13.8 Å². The molecule has 0 fully saturated rings. The van der Waals surface area contributed by atoms with Crippen molar-refractivity contribution in [1.29, 1.82) is 0 Å². The normalized spacial score (nSPS) is 13.0. The standard InChI is InChI=1S/C17H13.C13H8F2.C7H9.2ClH.Zr/c1-3-12-5-7-14-11-15-8-6-13(4-2)10-17(15)16(14)9-12;14-12-5-1-10(2-6-12)9-11-3-7-13(15)8-4-11;1-6-3-4-7(2)5-6;;;/h3-11H,1-2H2;1-8H;3,5,7H,1-2H3;2*1H;/q-1;;-1;;;+2/p-2. The van der Waals surface area contributed by atoms with Gasteiger partial charge in [0.1, 0.15) is 0 Å². The van der Waals surface area contributed by atoms with Gasteiger partial charge in [0, 0.05) is 0 Å². The Morgan fingerprint density at radius 1 is 0.762 bits per heavy atom. The maximum Gasteiger partial charge on any atom is -1.00 e. The molecule has 5 aromatic rings. The molecule has 1 atom stereocenters. The van der Waals surface area contributed by atoms with Crippen LogP contribution < -0.4 is 24.8 Å². The van der Waals surface area contributed by atoms with Crippen molar-refractivity contribution in [3.8, 4) is 0 Å². The van der Waals surface area contributed by atoms with Gasteiger partial charge < -0.3 is 24.8 Å². The van der Waals surface area contributed by atoms with E-state index in [4.69, 9.17) is 0 Å². The smallest absolute Gasteiger partial charge is 1.00 e. The molecule has 212 valence electrons. The third-order valence-electron chi connectivity index (χ3n) is 6.58. The number of hydrogen-bond donors (Lipinski definition) is 0. The van der Waals surface area contributed by atoms with Crippen LogP contribution in [0.1, 0.15) is 36.1 Å². The first-order chi connectivity index (χ1) is 19.3. The van der Waals surface area contributed by atoms with Crippen LogP contribution in [0.2, 0.25) is 0 Å². The molecule has 42 heavy (non-hydrogen) atoms. The molecule has 0 saturated heterocycles. The number of allylic oxidation sites excluding steroid dienone is 4. The van der Waals surface area contributed by atoms with Crippen LogP contribution in [0.3, 0.4) is 0 Å². The first-order valence-corrected chi connectivity index (χ1v) is 14.3. The molecule has 1 aliphatic rings. The van der Waals surface area contributed by atoms with Crippen LogP contribution in [-0.4, -0.2) is 3.21 Å². The third kappa shape index (κ3) is 9.20. The van der Waals surface area contributed by atoms with Gasteiger partial charge in [0.15, 0.2) is 0 Å². The zero-order chi connectivity index (χ0) is 28.6. The van der Waals surface area contributed by atoms with E-state index in [0.717, 1.165) is 25.5 Å². The van der Waals surface area contributed by atoms with E-state index in [9.17, 15) is 8.78 Å². The van der Waals surface area contributed by atoms with E-state index in [1.54, 1.807) is 24.3 Å². The predicted molar refractivity (Wildman–Crippen MR) is 164 cm³/mol. The summed E-state index contributed by atoms with van der Waals surface area (Å²) in [6.45, 7) is 11.9. The van der Waals surface area contributed by atoms with E-state index in [0.29, 0.717) is 5.92 Å². The van der Waals surface area contributed by atoms with Crippen molar-refractivity contribution in [1.82, 2.24) is 0 Å². The average Bonchev–Trinajstić information content (AvgIpc) is 3.54. The van der Waals surface area contributed by atoms with Crippen LogP contribution in [0.25, 0.3) is 33.7 Å². The van der Waals surface area contributed by atoms with Crippen LogP contribution in [-0.2, 0) is 24.2 Å². The van der Waals surface area contributed by atoms with E-state index in [2.05, 4.69) is 81.6 Å². The fraction of sp³-hybridized carbons (Fsp3) is 0.0811. The van der Waals surface area contributed by atoms with Gasteiger partial charge in [-0.05, 0) is 11.1 Å². The van der Waals surface area contributed by atoms with Gasteiger partial charge in [-0.1, -0.05) is 62.4 Å². The van der Waals surface area contributed by atoms with E-state index >= 15 is 0 Å². The van der Waals surface area contributed by atoms with Crippen LogP contribution in [0.4, 0.5) is 8.78 Å². The average molecular weight is 675 g/mol. The van der Waals surface area contributed by atoms with Crippen LogP contribution in [0, 0.1) is 23.6 Å². The second kappa shape index (κ2) is 16.5. The minimum absolute atomic E-state index is 0. The second-order valence-electron chi connectivity index (χ2n) is 9.65. The molecular weight excluding hydrogens is 645 g/mol. The first kappa shape index (κ1) is 35.1. The molecule has 0 heterocycles. The van der Waals surface area contributed by atoms with E-state index in [1.165, 1.54) is 75.6 Å². The zero-order valence-corrected chi connectivity index (χ0v) is 27.4. The maximum absolute atomic E-state index is 12.8. The molecule has 1 unspecified atom stereocenters. The molecular formula is C37H30Cl2F2Zr-2. The van der Waals surface area contributed by atoms with Gasteiger partial charge in [-0.3, -0.25) is 6.08 Å². The zero-order valence-electron chi connectivity index (χ0n) is 23.5. The molecule has 0 N–H and O–H groups in total. The molecule has 0 saturated carbocycles. The van der Waals surface area contributed by atoms with Crippen molar-refractivity contribution in [2.75, 3.05) is 0 Å². The van der Waals surface area contributed by atoms with Crippen LogP contribution >= 0.6 is 0 Å². The van der Waals surface area contributed by atoms with Crippen molar-refractivity contribution in [3.63, 3.8) is 0 Å². The molecule has 0 amide bonds. The molecule has 0 bridgehead atoms. The summed E-state index contributed by atoms with van der Waals surface area (Å²) in [5.41, 5.74) is 5.62.